The lowest BCUT2D eigenvalue weighted by molar-refractivity contribution is 0.246. The quantitative estimate of drug-likeness (QED) is 0.401. The van der Waals surface area contributed by atoms with E-state index in [1.54, 1.807) is 43.9 Å². The Balaban J connectivity index is 1.48. The molecular weight excluding hydrogens is 515 g/mol. The number of nitrogens with zero attached hydrogens (tertiary/aromatic N) is 4. The third-order valence-corrected chi connectivity index (χ3v) is 6.35. The van der Waals surface area contributed by atoms with Gasteiger partial charge in [-0.15, -0.1) is 0 Å². The summed E-state index contributed by atoms with van der Waals surface area (Å²) in [5.41, 5.74) is 5.00. The number of aromatic nitrogens is 3. The molecule has 0 radical (unpaired) electrons. The van der Waals surface area contributed by atoms with Crippen LogP contribution in [0.5, 0.6) is 5.88 Å². The van der Waals surface area contributed by atoms with Crippen LogP contribution in [0.3, 0.4) is 0 Å². The van der Waals surface area contributed by atoms with E-state index >= 15 is 0 Å². The van der Waals surface area contributed by atoms with Crippen LogP contribution in [0.4, 0.5) is 4.39 Å². The van der Waals surface area contributed by atoms with Crippen LogP contribution in [0.1, 0.15) is 28.3 Å². The molecule has 1 aromatic carbocycles. The molecule has 0 saturated heterocycles. The molecule has 9 heteroatoms. The maximum absolute atomic E-state index is 13.9. The van der Waals surface area contributed by atoms with Crippen molar-refractivity contribution in [3.8, 4) is 17.1 Å². The molecule has 0 unspecified atom stereocenters. The van der Waals surface area contributed by atoms with Crippen molar-refractivity contribution >= 4 is 21.6 Å². The molecule has 4 aromatic rings. The van der Waals surface area contributed by atoms with Gasteiger partial charge in [-0.25, -0.2) is 9.37 Å². The van der Waals surface area contributed by atoms with Gasteiger partial charge in [-0.05, 0) is 42.0 Å². The number of aliphatic hydroxyl groups is 1. The Labute approximate surface area is 208 Å². The van der Waals surface area contributed by atoms with E-state index in [0.29, 0.717) is 33.7 Å². The number of pyridine rings is 3. The highest BCUT2D eigenvalue weighted by Gasteiger charge is 2.21. The third-order valence-electron chi connectivity index (χ3n) is 5.89. The summed E-state index contributed by atoms with van der Waals surface area (Å²) >= 11 is 3.26. The van der Waals surface area contributed by atoms with Crippen LogP contribution in [0.15, 0.2) is 81.4 Å². The molecule has 0 saturated carbocycles. The number of aliphatic hydroxyl groups excluding tert-OH is 1. The Morgan fingerprint density at radius 2 is 1.97 bits per heavy atom. The van der Waals surface area contributed by atoms with Crippen molar-refractivity contribution in [1.29, 1.82) is 0 Å². The predicted octanol–water partition coefficient (Wildman–Crippen LogP) is 4.15. The fourth-order valence-electron chi connectivity index (χ4n) is 4.15. The Bertz CT molecular complexity index is 1480. The standard InChI is InChI=1S/C26H20BrFN4O3/c1-35-24-3-2-16(11-30-24)26-21-10-22(29-12-18(21)13-31-26)15-4-5-32(25(34)8-15)23(14-33)17-6-19(27)9-20(28)7-17/h2-12,23,33H,13-14H2,1H3/t23-/m1/s1. The average Bonchev–Trinajstić information content (AvgIpc) is 3.28. The molecule has 176 valence electrons. The van der Waals surface area contributed by atoms with Gasteiger partial charge in [0.05, 0.1) is 37.7 Å². The lowest BCUT2D eigenvalue weighted by atomic mass is 10.0. The van der Waals surface area contributed by atoms with Crippen LogP contribution in [0, 0.1) is 5.82 Å². The van der Waals surface area contributed by atoms with E-state index in [4.69, 9.17) is 4.74 Å². The Morgan fingerprint density at radius 3 is 2.66 bits per heavy atom. The first kappa shape index (κ1) is 23.1. The van der Waals surface area contributed by atoms with E-state index in [9.17, 15) is 14.3 Å². The lowest BCUT2D eigenvalue weighted by Crippen LogP contribution is -2.27. The van der Waals surface area contributed by atoms with E-state index in [-0.39, 0.29) is 12.2 Å². The Morgan fingerprint density at radius 1 is 1.11 bits per heavy atom. The number of rotatable bonds is 6. The molecule has 1 N–H and O–H groups in total. The summed E-state index contributed by atoms with van der Waals surface area (Å²) in [5, 5.41) is 9.97. The Hall–Kier alpha value is -3.69. The summed E-state index contributed by atoms with van der Waals surface area (Å²) in [6, 6.07) is 12.4. The SMILES string of the molecule is COc1ccc(C2=NCc3cnc(-c4ccn([C@H](CO)c5cc(F)cc(Br)c5)c(=O)c4)cc32)cn1. The smallest absolute Gasteiger partial charge is 0.251 e. The summed E-state index contributed by atoms with van der Waals surface area (Å²) in [7, 11) is 1.57. The number of halogens is 2. The maximum atomic E-state index is 13.9. The van der Waals surface area contributed by atoms with Crippen molar-refractivity contribution in [3.63, 3.8) is 0 Å². The van der Waals surface area contributed by atoms with E-state index in [1.807, 2.05) is 12.1 Å². The molecule has 1 aliphatic heterocycles. The predicted molar refractivity (Wildman–Crippen MR) is 133 cm³/mol. The zero-order valence-electron chi connectivity index (χ0n) is 18.7. The minimum Gasteiger partial charge on any atom is -0.481 e. The number of aliphatic imine (C=N–C) groups is 1. The zero-order chi connectivity index (χ0) is 24.5. The van der Waals surface area contributed by atoms with E-state index < -0.39 is 11.9 Å². The number of hydrogen-bond acceptors (Lipinski definition) is 6. The minimum atomic E-state index is -0.724. The van der Waals surface area contributed by atoms with E-state index in [2.05, 4.69) is 30.9 Å². The van der Waals surface area contributed by atoms with Crippen molar-refractivity contribution in [3.05, 3.63) is 110 Å². The highest BCUT2D eigenvalue weighted by atomic mass is 79.9. The molecule has 0 aliphatic carbocycles. The van der Waals surface area contributed by atoms with Gasteiger partial charge in [0.2, 0.25) is 5.88 Å². The normalized spacial score (nSPS) is 13.3. The third kappa shape index (κ3) is 4.52. The summed E-state index contributed by atoms with van der Waals surface area (Å²) in [6.45, 7) is 0.162. The molecule has 4 heterocycles. The highest BCUT2D eigenvalue weighted by molar-refractivity contribution is 9.10. The molecule has 7 nitrogen and oxygen atoms in total. The van der Waals surface area contributed by atoms with Crippen molar-refractivity contribution in [2.24, 2.45) is 4.99 Å². The fourth-order valence-corrected chi connectivity index (χ4v) is 4.64. The van der Waals surface area contributed by atoms with Crippen LogP contribution in [0.25, 0.3) is 11.3 Å². The molecule has 0 fully saturated rings. The van der Waals surface area contributed by atoms with Gasteiger partial charge in [0.15, 0.2) is 0 Å². The number of benzene rings is 1. The number of methoxy groups -OCH3 is 1. The van der Waals surface area contributed by atoms with Gasteiger partial charge in [-0.2, -0.15) is 0 Å². The second-order valence-corrected chi connectivity index (χ2v) is 8.96. The molecule has 0 amide bonds. The molecular formula is C26H20BrFN4O3. The summed E-state index contributed by atoms with van der Waals surface area (Å²) in [5.74, 6) is 0.0692. The first-order valence-electron chi connectivity index (χ1n) is 10.8. The van der Waals surface area contributed by atoms with Crippen LogP contribution < -0.4 is 10.3 Å². The fraction of sp³-hybridized carbons (Fsp3) is 0.154. The second kappa shape index (κ2) is 9.52. The topological polar surface area (TPSA) is 89.6 Å². The number of fused-ring (bicyclic) bond motifs is 1. The van der Waals surface area contributed by atoms with Crippen LogP contribution in [0.2, 0.25) is 0 Å². The first-order valence-corrected chi connectivity index (χ1v) is 11.6. The Kier molecular flexibility index (Phi) is 6.27. The maximum Gasteiger partial charge on any atom is 0.251 e. The van der Waals surface area contributed by atoms with Crippen molar-refractivity contribution < 1.29 is 14.2 Å². The molecule has 1 aliphatic rings. The zero-order valence-corrected chi connectivity index (χ0v) is 20.2. The van der Waals surface area contributed by atoms with Crippen molar-refractivity contribution in [2.45, 2.75) is 12.6 Å². The minimum absolute atomic E-state index is 0.336. The second-order valence-electron chi connectivity index (χ2n) is 8.04. The van der Waals surface area contributed by atoms with Crippen LogP contribution in [-0.2, 0) is 6.54 Å². The molecule has 5 rings (SSSR count). The summed E-state index contributed by atoms with van der Waals surface area (Å²) in [4.78, 5) is 26.5. The number of ether oxygens (including phenoxy) is 1. The molecule has 1 atom stereocenters. The largest absolute Gasteiger partial charge is 0.481 e. The molecule has 0 bridgehead atoms. The van der Waals surface area contributed by atoms with Crippen molar-refractivity contribution in [2.75, 3.05) is 13.7 Å². The van der Waals surface area contributed by atoms with E-state index in [1.165, 1.54) is 22.8 Å². The van der Waals surface area contributed by atoms with Gasteiger partial charge in [0, 0.05) is 57.4 Å². The van der Waals surface area contributed by atoms with Crippen molar-refractivity contribution in [1.82, 2.24) is 14.5 Å². The van der Waals surface area contributed by atoms with Gasteiger partial charge < -0.3 is 14.4 Å². The lowest BCUT2D eigenvalue weighted by Gasteiger charge is -2.19. The monoisotopic (exact) mass is 534 g/mol. The van der Waals surface area contributed by atoms with Crippen LogP contribution in [-0.4, -0.2) is 39.1 Å². The number of hydrogen-bond donors (Lipinski definition) is 1. The first-order chi connectivity index (χ1) is 17.0. The molecule has 35 heavy (non-hydrogen) atoms. The highest BCUT2D eigenvalue weighted by Crippen LogP contribution is 2.28. The van der Waals surface area contributed by atoms with Gasteiger partial charge in [-0.1, -0.05) is 15.9 Å². The summed E-state index contributed by atoms with van der Waals surface area (Å²) in [6.07, 6.45) is 5.08. The molecule has 3 aromatic heterocycles. The van der Waals surface area contributed by atoms with Crippen LogP contribution >= 0.6 is 15.9 Å². The average molecular weight is 535 g/mol. The van der Waals surface area contributed by atoms with E-state index in [0.717, 1.165) is 22.4 Å². The van der Waals surface area contributed by atoms with Gasteiger partial charge in [0.1, 0.15) is 5.82 Å². The van der Waals surface area contributed by atoms with Gasteiger partial charge >= 0.3 is 0 Å². The van der Waals surface area contributed by atoms with Gasteiger partial charge in [0.25, 0.3) is 5.56 Å². The van der Waals surface area contributed by atoms with Gasteiger partial charge in [-0.3, -0.25) is 14.8 Å². The molecule has 0 spiro atoms. The summed E-state index contributed by atoms with van der Waals surface area (Å²) < 4.78 is 20.9.